The number of hydrogen-bond donors (Lipinski definition) is 2. The minimum absolute atomic E-state index is 0.0601. The van der Waals surface area contributed by atoms with Crippen molar-refractivity contribution in [1.29, 1.82) is 0 Å². The van der Waals surface area contributed by atoms with Crippen LogP contribution < -0.4 is 20.3 Å². The molecule has 160 valence electrons. The maximum atomic E-state index is 12.4. The fourth-order valence-corrected chi connectivity index (χ4v) is 4.37. The van der Waals surface area contributed by atoms with Gasteiger partial charge in [0, 0.05) is 49.2 Å². The number of ether oxygens (including phenoxy) is 1. The topological polar surface area (TPSA) is 66.5 Å². The van der Waals surface area contributed by atoms with E-state index in [0.717, 1.165) is 56.6 Å². The van der Waals surface area contributed by atoms with Crippen LogP contribution in [0.25, 0.3) is 0 Å². The van der Waals surface area contributed by atoms with Crippen molar-refractivity contribution in [3.05, 3.63) is 54.4 Å². The Labute approximate surface area is 179 Å². The van der Waals surface area contributed by atoms with Gasteiger partial charge in [-0.2, -0.15) is 0 Å². The lowest BCUT2D eigenvalue weighted by molar-refractivity contribution is 0.0938. The Kier molecular flexibility index (Phi) is 7.19. The average molecular weight is 409 g/mol. The Balaban J connectivity index is 1.17. The highest BCUT2D eigenvalue weighted by Crippen LogP contribution is 2.22. The first-order valence-electron chi connectivity index (χ1n) is 11.2. The number of carbonyl (C=O) groups excluding carboxylic acids is 1. The fraction of sp³-hybridized carbons (Fsp3) is 0.500. The quantitative estimate of drug-likeness (QED) is 0.656. The van der Waals surface area contributed by atoms with Gasteiger partial charge in [-0.15, -0.1) is 0 Å². The predicted octanol–water partition coefficient (Wildman–Crippen LogP) is 3.39. The lowest BCUT2D eigenvalue weighted by atomic mass is 10.0. The van der Waals surface area contributed by atoms with Gasteiger partial charge in [-0.3, -0.25) is 9.78 Å². The van der Waals surface area contributed by atoms with Crippen molar-refractivity contribution in [2.45, 2.75) is 50.6 Å². The number of nitrogens with one attached hydrogen (secondary N) is 2. The lowest BCUT2D eigenvalue weighted by Gasteiger charge is -2.34. The smallest absolute Gasteiger partial charge is 0.251 e. The van der Waals surface area contributed by atoms with Crippen molar-refractivity contribution in [2.75, 3.05) is 31.1 Å². The number of amides is 1. The zero-order valence-corrected chi connectivity index (χ0v) is 17.6. The molecule has 0 unspecified atom stereocenters. The Bertz CT molecular complexity index is 783. The third-order valence-corrected chi connectivity index (χ3v) is 6.12. The molecule has 1 saturated heterocycles. The molecule has 1 aromatic heterocycles. The molecular formula is C24H32N4O2. The van der Waals surface area contributed by atoms with Crippen molar-refractivity contribution in [3.63, 3.8) is 0 Å². The van der Waals surface area contributed by atoms with E-state index in [1.165, 1.54) is 18.5 Å². The average Bonchev–Trinajstić information content (AvgIpc) is 3.31. The zero-order chi connectivity index (χ0) is 20.6. The molecule has 1 amide bonds. The number of hydrogen-bond acceptors (Lipinski definition) is 5. The van der Waals surface area contributed by atoms with Crippen LogP contribution in [0.5, 0.6) is 5.75 Å². The largest absolute Gasteiger partial charge is 0.491 e. The first-order chi connectivity index (χ1) is 14.8. The van der Waals surface area contributed by atoms with Gasteiger partial charge >= 0.3 is 0 Å². The third kappa shape index (κ3) is 5.72. The van der Waals surface area contributed by atoms with Gasteiger partial charge in [-0.25, -0.2) is 0 Å². The van der Waals surface area contributed by atoms with E-state index < -0.39 is 0 Å². The number of pyridine rings is 1. The first kappa shape index (κ1) is 20.7. The highest BCUT2D eigenvalue weighted by atomic mass is 16.5. The maximum Gasteiger partial charge on any atom is 0.251 e. The number of piperidine rings is 1. The van der Waals surface area contributed by atoms with Crippen LogP contribution in [0.1, 0.15) is 48.9 Å². The van der Waals surface area contributed by atoms with Gasteiger partial charge in [0.2, 0.25) is 0 Å². The number of carbonyl (C=O) groups is 1. The molecule has 2 aromatic rings. The van der Waals surface area contributed by atoms with Gasteiger partial charge in [-0.1, -0.05) is 12.8 Å². The van der Waals surface area contributed by atoms with Crippen LogP contribution in [-0.2, 0) is 0 Å². The Morgan fingerprint density at radius 1 is 1.03 bits per heavy atom. The molecule has 6 nitrogen and oxygen atoms in total. The van der Waals surface area contributed by atoms with Crippen LogP contribution in [0.2, 0.25) is 0 Å². The van der Waals surface area contributed by atoms with Gasteiger partial charge in [0.15, 0.2) is 0 Å². The summed E-state index contributed by atoms with van der Waals surface area (Å²) < 4.78 is 5.69. The van der Waals surface area contributed by atoms with Gasteiger partial charge < -0.3 is 20.3 Å². The maximum absolute atomic E-state index is 12.4. The molecule has 0 radical (unpaired) electrons. The second kappa shape index (κ2) is 10.4. The van der Waals surface area contributed by atoms with Crippen LogP contribution in [0.15, 0.2) is 48.8 Å². The summed E-state index contributed by atoms with van der Waals surface area (Å²) in [5, 5.41) is 6.76. The summed E-state index contributed by atoms with van der Waals surface area (Å²) in [6.07, 6.45) is 10.4. The van der Waals surface area contributed by atoms with Crippen molar-refractivity contribution in [2.24, 2.45) is 0 Å². The van der Waals surface area contributed by atoms with E-state index in [9.17, 15) is 4.79 Å². The van der Waals surface area contributed by atoms with Crippen LogP contribution in [0.3, 0.4) is 0 Å². The first-order valence-corrected chi connectivity index (χ1v) is 11.2. The van der Waals surface area contributed by atoms with Crippen LogP contribution >= 0.6 is 0 Å². The van der Waals surface area contributed by atoms with Crippen LogP contribution in [0, 0.1) is 0 Å². The second-order valence-electron chi connectivity index (χ2n) is 8.25. The molecule has 1 aliphatic heterocycles. The molecule has 1 aromatic carbocycles. The van der Waals surface area contributed by atoms with Gasteiger partial charge in [0.25, 0.3) is 5.91 Å². The Hall–Kier alpha value is -2.60. The van der Waals surface area contributed by atoms with Crippen molar-refractivity contribution >= 4 is 11.6 Å². The molecular weight excluding hydrogens is 376 g/mol. The summed E-state index contributed by atoms with van der Waals surface area (Å²) in [4.78, 5) is 18.9. The molecule has 4 rings (SSSR count). The van der Waals surface area contributed by atoms with Crippen molar-refractivity contribution in [3.8, 4) is 5.75 Å². The summed E-state index contributed by atoms with van der Waals surface area (Å²) in [7, 11) is 0. The molecule has 30 heavy (non-hydrogen) atoms. The molecule has 0 bridgehead atoms. The predicted molar refractivity (Wildman–Crippen MR) is 119 cm³/mol. The summed E-state index contributed by atoms with van der Waals surface area (Å²) in [5.41, 5.74) is 1.96. The van der Waals surface area contributed by atoms with E-state index >= 15 is 0 Å². The van der Waals surface area contributed by atoms with Gasteiger partial charge in [-0.05, 0) is 62.1 Å². The Morgan fingerprint density at radius 3 is 2.50 bits per heavy atom. The normalized spacial score (nSPS) is 17.8. The number of nitrogens with zero attached hydrogens (tertiary/aromatic N) is 2. The summed E-state index contributed by atoms with van der Waals surface area (Å²) in [5.74, 6) is 0.874. The molecule has 2 fully saturated rings. The molecule has 2 aliphatic rings. The number of anilines is 1. The number of aromatic nitrogens is 1. The van der Waals surface area contributed by atoms with E-state index in [0.29, 0.717) is 18.7 Å². The molecule has 2 heterocycles. The molecule has 2 N–H and O–H groups in total. The lowest BCUT2D eigenvalue weighted by Crippen LogP contribution is -2.43. The number of rotatable bonds is 8. The van der Waals surface area contributed by atoms with Crippen LogP contribution in [-0.4, -0.2) is 49.2 Å². The summed E-state index contributed by atoms with van der Waals surface area (Å²) >= 11 is 0. The van der Waals surface area contributed by atoms with E-state index in [-0.39, 0.29) is 5.91 Å². The van der Waals surface area contributed by atoms with E-state index in [2.05, 4.69) is 32.7 Å². The van der Waals surface area contributed by atoms with E-state index in [4.69, 9.17) is 4.74 Å². The van der Waals surface area contributed by atoms with Gasteiger partial charge in [0.05, 0.1) is 6.20 Å². The minimum Gasteiger partial charge on any atom is -0.491 e. The molecule has 0 spiro atoms. The van der Waals surface area contributed by atoms with E-state index in [1.807, 2.05) is 24.3 Å². The zero-order valence-electron chi connectivity index (χ0n) is 17.6. The SMILES string of the molecule is O=C(NC1CCCC1)c1ccc(N2CCC(NCCOc3cccnc3)CC2)cc1. The van der Waals surface area contributed by atoms with Crippen molar-refractivity contribution in [1.82, 2.24) is 15.6 Å². The third-order valence-electron chi connectivity index (χ3n) is 6.12. The standard InChI is InChI=1S/C24H32N4O2/c29-24(27-21-4-1-2-5-21)19-7-9-22(10-8-19)28-15-11-20(12-16-28)26-14-17-30-23-6-3-13-25-18-23/h3,6-10,13,18,20-21,26H,1-2,4-5,11-12,14-17H2,(H,27,29). The highest BCUT2D eigenvalue weighted by molar-refractivity contribution is 5.94. The molecule has 6 heteroatoms. The summed E-state index contributed by atoms with van der Waals surface area (Å²) in [6.45, 7) is 3.53. The van der Waals surface area contributed by atoms with Crippen molar-refractivity contribution < 1.29 is 9.53 Å². The van der Waals surface area contributed by atoms with Gasteiger partial charge in [0.1, 0.15) is 12.4 Å². The summed E-state index contributed by atoms with van der Waals surface area (Å²) in [6, 6.07) is 12.8. The monoisotopic (exact) mass is 408 g/mol. The highest BCUT2D eigenvalue weighted by Gasteiger charge is 2.20. The second-order valence-corrected chi connectivity index (χ2v) is 8.25. The fourth-order valence-electron chi connectivity index (χ4n) is 4.37. The molecule has 1 saturated carbocycles. The van der Waals surface area contributed by atoms with Crippen LogP contribution in [0.4, 0.5) is 5.69 Å². The molecule has 1 aliphatic carbocycles. The molecule has 0 atom stereocenters. The Morgan fingerprint density at radius 2 is 1.80 bits per heavy atom. The minimum atomic E-state index is 0.0601. The number of benzene rings is 1. The van der Waals surface area contributed by atoms with E-state index in [1.54, 1.807) is 12.4 Å².